The van der Waals surface area contributed by atoms with E-state index in [1.807, 2.05) is 18.2 Å². The molecule has 6 heteroatoms. The number of carbonyl (C=O) groups excluding carboxylic acids is 1. The van der Waals surface area contributed by atoms with Gasteiger partial charge in [0.05, 0.1) is 11.4 Å². The lowest BCUT2D eigenvalue weighted by molar-refractivity contribution is 0.0996. The van der Waals surface area contributed by atoms with Crippen molar-refractivity contribution in [2.45, 2.75) is 11.4 Å². The Balaban J connectivity index is 1.92. The van der Waals surface area contributed by atoms with Gasteiger partial charge in [0, 0.05) is 11.3 Å². The molecule has 0 aliphatic carbocycles. The van der Waals surface area contributed by atoms with Crippen LogP contribution in [0.25, 0.3) is 0 Å². The highest BCUT2D eigenvalue weighted by Gasteiger charge is 2.28. The minimum absolute atomic E-state index is 0.0603. The lowest BCUT2D eigenvalue weighted by Gasteiger charge is -2.16. The van der Waals surface area contributed by atoms with Crippen molar-refractivity contribution in [2.24, 2.45) is 0 Å². The zero-order chi connectivity index (χ0) is 15.0. The third-order valence-electron chi connectivity index (χ3n) is 3.55. The summed E-state index contributed by atoms with van der Waals surface area (Å²) in [6.07, 6.45) is 0. The van der Waals surface area contributed by atoms with Gasteiger partial charge in [0.25, 0.3) is 5.91 Å². The summed E-state index contributed by atoms with van der Waals surface area (Å²) in [5.41, 5.74) is 2.37. The first-order chi connectivity index (χ1) is 10.0. The molecule has 1 aliphatic heterocycles. The average Bonchev–Trinajstić information content (AvgIpc) is 2.85. The minimum Gasteiger partial charge on any atom is -0.304 e. The van der Waals surface area contributed by atoms with Crippen molar-refractivity contribution in [3.63, 3.8) is 0 Å². The molecule has 1 aliphatic rings. The van der Waals surface area contributed by atoms with Gasteiger partial charge in [0.15, 0.2) is 0 Å². The van der Waals surface area contributed by atoms with Crippen LogP contribution in [0.3, 0.4) is 0 Å². The van der Waals surface area contributed by atoms with Gasteiger partial charge in [-0.05, 0) is 42.9 Å². The molecule has 0 unspecified atom stereocenters. The minimum atomic E-state index is -3.46. The van der Waals surface area contributed by atoms with Gasteiger partial charge < -0.3 is 4.90 Å². The van der Waals surface area contributed by atoms with Crippen LogP contribution in [0, 0.1) is 0 Å². The maximum absolute atomic E-state index is 12.3. The van der Waals surface area contributed by atoms with E-state index in [0.717, 1.165) is 5.56 Å². The third kappa shape index (κ3) is 2.32. The molecular formula is C15H14N2O3S. The van der Waals surface area contributed by atoms with Crippen molar-refractivity contribution in [1.82, 2.24) is 4.72 Å². The summed E-state index contributed by atoms with van der Waals surface area (Å²) in [4.78, 5) is 14.1. The molecule has 2 aromatic carbocycles. The summed E-state index contributed by atoms with van der Waals surface area (Å²) in [6.45, 7) is 0.507. The van der Waals surface area contributed by atoms with Crippen molar-refractivity contribution < 1.29 is 13.2 Å². The van der Waals surface area contributed by atoms with E-state index in [0.29, 0.717) is 17.8 Å². The number of hydrogen-bond donors (Lipinski definition) is 1. The molecule has 2 aromatic rings. The van der Waals surface area contributed by atoms with E-state index in [1.54, 1.807) is 23.1 Å². The Hall–Kier alpha value is -2.18. The summed E-state index contributed by atoms with van der Waals surface area (Å²) in [6, 6.07) is 13.8. The van der Waals surface area contributed by atoms with Crippen LogP contribution in [0.1, 0.15) is 15.9 Å². The number of nitrogens with zero attached hydrogens (tertiary/aromatic N) is 1. The molecule has 0 atom stereocenters. The van der Waals surface area contributed by atoms with Crippen molar-refractivity contribution in [2.75, 3.05) is 11.9 Å². The normalized spacial score (nSPS) is 14.3. The Bertz CT molecular complexity index is 798. The Morgan fingerprint density at radius 3 is 2.33 bits per heavy atom. The Morgan fingerprint density at radius 1 is 1.05 bits per heavy atom. The standard InChI is InChI=1S/C15H14N2O3S/c1-16-21(19,20)13-8-6-12(7-9-13)17-10-11-4-2-3-5-14(11)15(17)18/h2-9,16H,10H2,1H3. The van der Waals surface area contributed by atoms with E-state index in [1.165, 1.54) is 19.2 Å². The molecule has 3 rings (SSSR count). The first-order valence-corrected chi connectivity index (χ1v) is 7.94. The second-order valence-electron chi connectivity index (χ2n) is 4.75. The largest absolute Gasteiger partial charge is 0.304 e. The summed E-state index contributed by atoms with van der Waals surface area (Å²) in [5, 5.41) is 0. The van der Waals surface area contributed by atoms with Crippen LogP contribution in [0.5, 0.6) is 0 Å². The van der Waals surface area contributed by atoms with Gasteiger partial charge in [-0.25, -0.2) is 13.1 Å². The van der Waals surface area contributed by atoms with Gasteiger partial charge in [-0.15, -0.1) is 0 Å². The molecular weight excluding hydrogens is 288 g/mol. The lowest BCUT2D eigenvalue weighted by atomic mass is 10.1. The fourth-order valence-electron chi connectivity index (χ4n) is 2.39. The van der Waals surface area contributed by atoms with E-state index in [2.05, 4.69) is 4.72 Å². The predicted molar refractivity (Wildman–Crippen MR) is 79.6 cm³/mol. The quantitative estimate of drug-likeness (QED) is 0.939. The second kappa shape index (κ2) is 4.98. The van der Waals surface area contributed by atoms with Crippen molar-refractivity contribution in [1.29, 1.82) is 0 Å². The van der Waals surface area contributed by atoms with Crippen LogP contribution in [-0.4, -0.2) is 21.4 Å². The number of fused-ring (bicyclic) bond motifs is 1. The number of anilines is 1. The molecule has 108 valence electrons. The highest BCUT2D eigenvalue weighted by Crippen LogP contribution is 2.28. The molecule has 21 heavy (non-hydrogen) atoms. The van der Waals surface area contributed by atoms with Crippen molar-refractivity contribution >= 4 is 21.6 Å². The Labute approximate surface area is 123 Å². The van der Waals surface area contributed by atoms with Gasteiger partial charge >= 0.3 is 0 Å². The number of rotatable bonds is 3. The average molecular weight is 302 g/mol. The first kappa shape index (κ1) is 13.8. The van der Waals surface area contributed by atoms with E-state index in [9.17, 15) is 13.2 Å². The SMILES string of the molecule is CNS(=O)(=O)c1ccc(N2Cc3ccccc3C2=O)cc1. The molecule has 0 fully saturated rings. The van der Waals surface area contributed by atoms with Gasteiger partial charge in [0.2, 0.25) is 10.0 Å². The number of hydrogen-bond acceptors (Lipinski definition) is 3. The fourth-order valence-corrected chi connectivity index (χ4v) is 3.12. The fraction of sp³-hybridized carbons (Fsp3) is 0.133. The molecule has 1 heterocycles. The zero-order valence-electron chi connectivity index (χ0n) is 11.4. The van der Waals surface area contributed by atoms with Crippen LogP contribution in [0.2, 0.25) is 0 Å². The monoisotopic (exact) mass is 302 g/mol. The number of carbonyl (C=O) groups is 1. The second-order valence-corrected chi connectivity index (χ2v) is 6.64. The van der Waals surface area contributed by atoms with Crippen molar-refractivity contribution in [3.8, 4) is 0 Å². The van der Waals surface area contributed by atoms with Gasteiger partial charge in [-0.2, -0.15) is 0 Å². The van der Waals surface area contributed by atoms with Gasteiger partial charge in [-0.3, -0.25) is 4.79 Å². The molecule has 0 saturated carbocycles. The van der Waals surface area contributed by atoms with Crippen LogP contribution in [0.15, 0.2) is 53.4 Å². The van der Waals surface area contributed by atoms with Crippen LogP contribution in [0.4, 0.5) is 5.69 Å². The van der Waals surface area contributed by atoms with Crippen LogP contribution >= 0.6 is 0 Å². The maximum Gasteiger partial charge on any atom is 0.258 e. The van der Waals surface area contributed by atoms with E-state index in [-0.39, 0.29) is 10.8 Å². The molecule has 0 radical (unpaired) electrons. The number of sulfonamides is 1. The molecule has 5 nitrogen and oxygen atoms in total. The van der Waals surface area contributed by atoms with Crippen LogP contribution in [-0.2, 0) is 16.6 Å². The molecule has 1 N–H and O–H groups in total. The first-order valence-electron chi connectivity index (χ1n) is 6.46. The number of amides is 1. The molecule has 0 spiro atoms. The molecule has 0 aromatic heterocycles. The summed E-state index contributed by atoms with van der Waals surface area (Å²) in [5.74, 6) is -0.0603. The van der Waals surface area contributed by atoms with E-state index in [4.69, 9.17) is 0 Å². The Morgan fingerprint density at radius 2 is 1.71 bits per heavy atom. The maximum atomic E-state index is 12.3. The summed E-state index contributed by atoms with van der Waals surface area (Å²) in [7, 11) is -2.09. The molecule has 0 saturated heterocycles. The predicted octanol–water partition coefficient (Wildman–Crippen LogP) is 1.76. The summed E-state index contributed by atoms with van der Waals surface area (Å²) >= 11 is 0. The van der Waals surface area contributed by atoms with E-state index < -0.39 is 10.0 Å². The number of benzene rings is 2. The zero-order valence-corrected chi connectivity index (χ0v) is 12.2. The van der Waals surface area contributed by atoms with E-state index >= 15 is 0 Å². The van der Waals surface area contributed by atoms with Gasteiger partial charge in [0.1, 0.15) is 0 Å². The lowest BCUT2D eigenvalue weighted by Crippen LogP contribution is -2.23. The highest BCUT2D eigenvalue weighted by molar-refractivity contribution is 7.89. The topological polar surface area (TPSA) is 66.5 Å². The highest BCUT2D eigenvalue weighted by atomic mass is 32.2. The van der Waals surface area contributed by atoms with Gasteiger partial charge in [-0.1, -0.05) is 18.2 Å². The summed E-state index contributed by atoms with van der Waals surface area (Å²) < 4.78 is 25.6. The van der Waals surface area contributed by atoms with Crippen LogP contribution < -0.4 is 9.62 Å². The molecule has 1 amide bonds. The Kier molecular flexibility index (Phi) is 3.27. The van der Waals surface area contributed by atoms with Crippen molar-refractivity contribution in [3.05, 3.63) is 59.7 Å². The number of nitrogens with one attached hydrogen (secondary N) is 1. The smallest absolute Gasteiger partial charge is 0.258 e. The third-order valence-corrected chi connectivity index (χ3v) is 4.98. The molecule has 0 bridgehead atoms.